The van der Waals surface area contributed by atoms with Crippen molar-refractivity contribution < 1.29 is 9.53 Å². The summed E-state index contributed by atoms with van der Waals surface area (Å²) in [4.78, 5) is 13.9. The van der Waals surface area contributed by atoms with Crippen LogP contribution in [0.2, 0.25) is 0 Å². The molecule has 0 aromatic carbocycles. The van der Waals surface area contributed by atoms with Crippen LogP contribution >= 0.6 is 11.3 Å². The van der Waals surface area contributed by atoms with Crippen molar-refractivity contribution >= 4 is 17.3 Å². The number of nitrogens with two attached hydrogens (primary N) is 1. The summed E-state index contributed by atoms with van der Waals surface area (Å²) >= 11 is 1.64. The Kier molecular flexibility index (Phi) is 3.52. The van der Waals surface area contributed by atoms with E-state index in [1.165, 1.54) is 0 Å². The fraction of sp³-hybridized carbons (Fsp3) is 0.545. The van der Waals surface area contributed by atoms with Gasteiger partial charge < -0.3 is 10.5 Å². The Labute approximate surface area is 94.2 Å². The molecule has 1 rings (SSSR count). The quantitative estimate of drug-likeness (QED) is 0.805. The Balaban J connectivity index is 3.04. The monoisotopic (exact) mass is 227 g/mol. The van der Waals surface area contributed by atoms with Gasteiger partial charge >= 0.3 is 5.97 Å². The second-order valence-electron chi connectivity index (χ2n) is 3.75. The van der Waals surface area contributed by atoms with Gasteiger partial charge in [0, 0.05) is 9.75 Å². The normalized spacial score (nSPS) is 14.7. The van der Waals surface area contributed by atoms with Gasteiger partial charge in [0.1, 0.15) is 5.54 Å². The van der Waals surface area contributed by atoms with E-state index in [1.54, 1.807) is 25.2 Å². The average Bonchev–Trinajstić information content (AvgIpc) is 2.46. The third-order valence-electron chi connectivity index (χ3n) is 2.30. The van der Waals surface area contributed by atoms with Crippen LogP contribution in [0, 0.1) is 13.8 Å². The summed E-state index contributed by atoms with van der Waals surface area (Å²) in [5.74, 6) is -0.370. The van der Waals surface area contributed by atoms with Gasteiger partial charge in [0.25, 0.3) is 0 Å². The third-order valence-corrected chi connectivity index (χ3v) is 3.27. The molecule has 2 N–H and O–H groups in total. The summed E-state index contributed by atoms with van der Waals surface area (Å²) < 4.78 is 4.97. The second kappa shape index (κ2) is 4.33. The number of carbonyl (C=O) groups is 1. The van der Waals surface area contributed by atoms with Crippen molar-refractivity contribution in [3.05, 3.63) is 21.4 Å². The van der Waals surface area contributed by atoms with E-state index in [2.05, 4.69) is 0 Å². The van der Waals surface area contributed by atoms with Crippen LogP contribution in [-0.2, 0) is 15.1 Å². The van der Waals surface area contributed by atoms with Crippen LogP contribution in [0.25, 0.3) is 0 Å². The van der Waals surface area contributed by atoms with Gasteiger partial charge in [-0.3, -0.25) is 0 Å². The lowest BCUT2D eigenvalue weighted by atomic mass is 9.94. The molecule has 1 aromatic rings. The second-order valence-corrected chi connectivity index (χ2v) is 5.21. The van der Waals surface area contributed by atoms with Crippen LogP contribution in [0.4, 0.5) is 0 Å². The highest BCUT2D eigenvalue weighted by Gasteiger charge is 2.34. The molecule has 15 heavy (non-hydrogen) atoms. The van der Waals surface area contributed by atoms with E-state index in [0.717, 1.165) is 15.3 Å². The molecule has 4 heteroatoms. The van der Waals surface area contributed by atoms with Crippen LogP contribution in [-0.4, -0.2) is 12.6 Å². The van der Waals surface area contributed by atoms with Crippen LogP contribution in [0.5, 0.6) is 0 Å². The number of esters is 1. The Bertz CT molecular complexity index is 369. The first-order valence-corrected chi connectivity index (χ1v) is 5.74. The highest BCUT2D eigenvalue weighted by atomic mass is 32.1. The van der Waals surface area contributed by atoms with Gasteiger partial charge in [0.2, 0.25) is 0 Å². The molecule has 0 aliphatic carbocycles. The molecule has 0 saturated heterocycles. The maximum absolute atomic E-state index is 11.7. The molecule has 0 amide bonds. The first kappa shape index (κ1) is 12.2. The van der Waals surface area contributed by atoms with Gasteiger partial charge in [-0.25, -0.2) is 4.79 Å². The van der Waals surface area contributed by atoms with Crippen LogP contribution in [0.3, 0.4) is 0 Å². The van der Waals surface area contributed by atoms with Gasteiger partial charge in [-0.15, -0.1) is 11.3 Å². The van der Waals surface area contributed by atoms with Crippen molar-refractivity contribution in [1.82, 2.24) is 0 Å². The van der Waals surface area contributed by atoms with Crippen molar-refractivity contribution in [2.24, 2.45) is 5.73 Å². The fourth-order valence-electron chi connectivity index (χ4n) is 1.54. The largest absolute Gasteiger partial charge is 0.464 e. The third kappa shape index (κ3) is 2.38. The molecule has 0 aliphatic rings. The van der Waals surface area contributed by atoms with Gasteiger partial charge in [-0.05, 0) is 39.3 Å². The van der Waals surface area contributed by atoms with Crippen LogP contribution in [0.1, 0.15) is 29.2 Å². The molecule has 1 aromatic heterocycles. The molecular formula is C11H17NO2S. The number of ether oxygens (including phenoxy) is 1. The zero-order chi connectivity index (χ0) is 11.6. The molecule has 0 spiro atoms. The zero-order valence-corrected chi connectivity index (χ0v) is 10.4. The molecule has 0 bridgehead atoms. The predicted octanol–water partition coefficient (Wildman–Crippen LogP) is 2.10. The first-order valence-electron chi connectivity index (χ1n) is 4.93. The summed E-state index contributed by atoms with van der Waals surface area (Å²) in [6.07, 6.45) is 0. The molecule has 1 heterocycles. The summed E-state index contributed by atoms with van der Waals surface area (Å²) in [6, 6.07) is 1.96. The van der Waals surface area contributed by atoms with Crippen molar-refractivity contribution in [3.8, 4) is 0 Å². The van der Waals surface area contributed by atoms with Crippen molar-refractivity contribution in [3.63, 3.8) is 0 Å². The molecule has 0 radical (unpaired) electrons. The summed E-state index contributed by atoms with van der Waals surface area (Å²) in [5.41, 5.74) is 5.84. The van der Waals surface area contributed by atoms with Crippen LogP contribution in [0.15, 0.2) is 6.07 Å². The lowest BCUT2D eigenvalue weighted by Gasteiger charge is -2.22. The van der Waals surface area contributed by atoms with Crippen molar-refractivity contribution in [2.75, 3.05) is 6.61 Å². The lowest BCUT2D eigenvalue weighted by Crippen LogP contribution is -2.43. The summed E-state index contributed by atoms with van der Waals surface area (Å²) in [6.45, 7) is 7.80. The molecule has 1 atom stereocenters. The minimum atomic E-state index is -1.04. The molecule has 1 unspecified atom stereocenters. The van der Waals surface area contributed by atoms with Gasteiger partial charge in [-0.1, -0.05) is 0 Å². The van der Waals surface area contributed by atoms with Gasteiger partial charge in [0.15, 0.2) is 0 Å². The van der Waals surface area contributed by atoms with Gasteiger partial charge in [-0.2, -0.15) is 0 Å². The number of hydrogen-bond acceptors (Lipinski definition) is 4. The Morgan fingerprint density at radius 3 is 2.60 bits per heavy atom. The van der Waals surface area contributed by atoms with Crippen molar-refractivity contribution in [2.45, 2.75) is 33.2 Å². The molecular weight excluding hydrogens is 210 g/mol. The SMILES string of the molecule is CCOC(=O)C(C)(N)c1cc(C)sc1C. The molecule has 84 valence electrons. The maximum atomic E-state index is 11.7. The number of carbonyl (C=O) groups excluding carboxylic acids is 1. The Morgan fingerprint density at radius 2 is 2.20 bits per heavy atom. The van der Waals surface area contributed by atoms with Crippen molar-refractivity contribution in [1.29, 1.82) is 0 Å². The Hall–Kier alpha value is -0.870. The topological polar surface area (TPSA) is 52.3 Å². The highest BCUT2D eigenvalue weighted by molar-refractivity contribution is 7.12. The van der Waals surface area contributed by atoms with E-state index < -0.39 is 5.54 Å². The highest BCUT2D eigenvalue weighted by Crippen LogP contribution is 2.29. The van der Waals surface area contributed by atoms with E-state index in [-0.39, 0.29) is 5.97 Å². The molecule has 0 saturated carbocycles. The number of aryl methyl sites for hydroxylation is 2. The first-order chi connectivity index (χ1) is 6.89. The smallest absolute Gasteiger partial charge is 0.330 e. The lowest BCUT2D eigenvalue weighted by molar-refractivity contribution is -0.149. The minimum absolute atomic E-state index is 0.355. The minimum Gasteiger partial charge on any atom is -0.464 e. The standard InChI is InChI=1S/C11H17NO2S/c1-5-14-10(13)11(4,12)9-6-7(2)15-8(9)3/h6H,5,12H2,1-4H3. The maximum Gasteiger partial charge on any atom is 0.330 e. The van der Waals surface area contributed by atoms with E-state index >= 15 is 0 Å². The van der Waals surface area contributed by atoms with Crippen LogP contribution < -0.4 is 5.73 Å². The van der Waals surface area contributed by atoms with E-state index in [0.29, 0.717) is 6.61 Å². The molecule has 0 fully saturated rings. The van der Waals surface area contributed by atoms with E-state index in [1.807, 2.05) is 19.9 Å². The molecule has 0 aliphatic heterocycles. The molecule has 3 nitrogen and oxygen atoms in total. The van der Waals surface area contributed by atoms with Gasteiger partial charge in [0.05, 0.1) is 6.61 Å². The number of thiophene rings is 1. The number of rotatable bonds is 3. The summed E-state index contributed by atoms with van der Waals surface area (Å²) in [7, 11) is 0. The fourth-order valence-corrected chi connectivity index (χ4v) is 2.58. The average molecular weight is 227 g/mol. The predicted molar refractivity (Wildman–Crippen MR) is 62.0 cm³/mol. The zero-order valence-electron chi connectivity index (χ0n) is 9.59. The summed E-state index contributed by atoms with van der Waals surface area (Å²) in [5, 5.41) is 0. The number of hydrogen-bond donors (Lipinski definition) is 1. The van der Waals surface area contributed by atoms with E-state index in [9.17, 15) is 4.79 Å². The Morgan fingerprint density at radius 1 is 1.60 bits per heavy atom. The van der Waals surface area contributed by atoms with E-state index in [4.69, 9.17) is 10.5 Å².